The summed E-state index contributed by atoms with van der Waals surface area (Å²) in [4.78, 5) is 14.3. The Morgan fingerprint density at radius 3 is 2.43 bits per heavy atom. The highest BCUT2D eigenvalue weighted by Crippen LogP contribution is 2.36. The van der Waals surface area contributed by atoms with Crippen molar-refractivity contribution in [1.29, 1.82) is 0 Å². The molecule has 1 heterocycles. The summed E-state index contributed by atoms with van der Waals surface area (Å²) in [6.45, 7) is 3.83. The topological polar surface area (TPSA) is 20.3 Å². The van der Waals surface area contributed by atoms with Crippen LogP contribution in [0.3, 0.4) is 0 Å². The SMILES string of the molecule is Cc1cc(CCC(=O)N2CCC(=C3CC3)CC2)ccc1Cl. The number of carbonyl (C=O) groups excluding carboxylic acids is 1. The maximum absolute atomic E-state index is 12.3. The summed E-state index contributed by atoms with van der Waals surface area (Å²) in [5.41, 5.74) is 5.58. The number of allylic oxidation sites excluding steroid dienone is 1. The summed E-state index contributed by atoms with van der Waals surface area (Å²) >= 11 is 6.03. The van der Waals surface area contributed by atoms with Gasteiger partial charge in [-0.2, -0.15) is 0 Å². The Labute approximate surface area is 131 Å². The molecule has 2 nitrogen and oxygen atoms in total. The first-order valence-corrected chi connectivity index (χ1v) is 8.24. The summed E-state index contributed by atoms with van der Waals surface area (Å²) in [5.74, 6) is 0.294. The Bertz CT molecular complexity index is 575. The van der Waals surface area contributed by atoms with Crippen LogP contribution in [0.2, 0.25) is 5.02 Å². The summed E-state index contributed by atoms with van der Waals surface area (Å²) in [6, 6.07) is 6.03. The fourth-order valence-corrected chi connectivity index (χ4v) is 3.18. The fourth-order valence-electron chi connectivity index (χ4n) is 3.07. The molecule has 3 heteroatoms. The third kappa shape index (κ3) is 3.68. The lowest BCUT2D eigenvalue weighted by atomic mass is 10.0. The smallest absolute Gasteiger partial charge is 0.222 e. The maximum atomic E-state index is 12.3. The van der Waals surface area contributed by atoms with Crippen LogP contribution >= 0.6 is 11.6 Å². The molecule has 1 aliphatic carbocycles. The maximum Gasteiger partial charge on any atom is 0.222 e. The lowest BCUT2D eigenvalue weighted by Gasteiger charge is -2.28. The molecule has 2 fully saturated rings. The van der Waals surface area contributed by atoms with Gasteiger partial charge in [0.25, 0.3) is 0 Å². The first-order chi connectivity index (χ1) is 10.1. The summed E-state index contributed by atoms with van der Waals surface area (Å²) in [7, 11) is 0. The van der Waals surface area contributed by atoms with Gasteiger partial charge in [0.15, 0.2) is 0 Å². The second kappa shape index (κ2) is 6.23. The van der Waals surface area contributed by atoms with Crippen molar-refractivity contribution in [2.24, 2.45) is 0 Å². The minimum atomic E-state index is 0.294. The second-order valence-electron chi connectivity index (χ2n) is 6.17. The average molecular weight is 304 g/mol. The number of rotatable bonds is 3. The van der Waals surface area contributed by atoms with Gasteiger partial charge in [-0.05, 0) is 56.2 Å². The number of amides is 1. The van der Waals surface area contributed by atoms with Crippen LogP contribution < -0.4 is 0 Å². The van der Waals surface area contributed by atoms with Gasteiger partial charge in [0.1, 0.15) is 0 Å². The van der Waals surface area contributed by atoms with Gasteiger partial charge in [0.05, 0.1) is 0 Å². The Morgan fingerprint density at radius 2 is 1.81 bits per heavy atom. The second-order valence-corrected chi connectivity index (χ2v) is 6.58. The predicted octanol–water partition coefficient (Wildman–Crippen LogP) is 4.29. The number of nitrogens with zero attached hydrogens (tertiary/aromatic N) is 1. The summed E-state index contributed by atoms with van der Waals surface area (Å²) in [5, 5.41) is 0.793. The van der Waals surface area contributed by atoms with Crippen LogP contribution in [0, 0.1) is 6.92 Å². The molecule has 0 unspecified atom stereocenters. The van der Waals surface area contributed by atoms with Crippen molar-refractivity contribution in [2.75, 3.05) is 13.1 Å². The Morgan fingerprint density at radius 1 is 1.14 bits per heavy atom. The van der Waals surface area contributed by atoms with E-state index in [-0.39, 0.29) is 0 Å². The number of benzene rings is 1. The molecule has 1 saturated heterocycles. The predicted molar refractivity (Wildman–Crippen MR) is 86.6 cm³/mol. The van der Waals surface area contributed by atoms with Gasteiger partial charge in [-0.3, -0.25) is 4.79 Å². The molecule has 1 aromatic rings. The lowest BCUT2D eigenvalue weighted by Crippen LogP contribution is -2.36. The highest BCUT2D eigenvalue weighted by molar-refractivity contribution is 6.31. The Balaban J connectivity index is 1.50. The Hall–Kier alpha value is -1.28. The van der Waals surface area contributed by atoms with Crippen molar-refractivity contribution >= 4 is 17.5 Å². The van der Waals surface area contributed by atoms with Gasteiger partial charge in [-0.15, -0.1) is 0 Å². The minimum absolute atomic E-state index is 0.294. The number of hydrogen-bond acceptors (Lipinski definition) is 1. The van der Waals surface area contributed by atoms with Crippen LogP contribution in [0.15, 0.2) is 29.3 Å². The first kappa shape index (κ1) is 14.6. The van der Waals surface area contributed by atoms with Crippen molar-refractivity contribution in [3.8, 4) is 0 Å². The molecule has 0 bridgehead atoms. The monoisotopic (exact) mass is 303 g/mol. The molecule has 1 saturated carbocycles. The van der Waals surface area contributed by atoms with Crippen molar-refractivity contribution < 1.29 is 4.79 Å². The molecule has 0 radical (unpaired) electrons. The molecule has 21 heavy (non-hydrogen) atoms. The molecule has 0 N–H and O–H groups in total. The normalized spacial score (nSPS) is 18.1. The van der Waals surface area contributed by atoms with Crippen molar-refractivity contribution in [3.63, 3.8) is 0 Å². The largest absolute Gasteiger partial charge is 0.342 e. The van der Waals surface area contributed by atoms with E-state index in [2.05, 4.69) is 6.07 Å². The van der Waals surface area contributed by atoms with E-state index in [0.717, 1.165) is 42.9 Å². The minimum Gasteiger partial charge on any atom is -0.342 e. The van der Waals surface area contributed by atoms with Gasteiger partial charge in [0.2, 0.25) is 5.91 Å². The zero-order valence-electron chi connectivity index (χ0n) is 12.6. The van der Waals surface area contributed by atoms with E-state index in [1.807, 2.05) is 24.0 Å². The van der Waals surface area contributed by atoms with Gasteiger partial charge in [-0.1, -0.05) is 34.9 Å². The number of hydrogen-bond donors (Lipinski definition) is 0. The zero-order valence-corrected chi connectivity index (χ0v) is 13.4. The lowest BCUT2D eigenvalue weighted by molar-refractivity contribution is -0.131. The van der Waals surface area contributed by atoms with Crippen LogP contribution in [-0.4, -0.2) is 23.9 Å². The van der Waals surface area contributed by atoms with E-state index >= 15 is 0 Å². The molecule has 1 amide bonds. The number of halogens is 1. The molecule has 0 spiro atoms. The van der Waals surface area contributed by atoms with Crippen LogP contribution in [-0.2, 0) is 11.2 Å². The van der Waals surface area contributed by atoms with E-state index in [0.29, 0.717) is 12.3 Å². The van der Waals surface area contributed by atoms with Crippen molar-refractivity contribution in [3.05, 3.63) is 45.5 Å². The zero-order chi connectivity index (χ0) is 14.8. The van der Waals surface area contributed by atoms with Crippen LogP contribution in [0.25, 0.3) is 0 Å². The van der Waals surface area contributed by atoms with Gasteiger partial charge in [0, 0.05) is 24.5 Å². The highest BCUT2D eigenvalue weighted by Gasteiger charge is 2.24. The first-order valence-electron chi connectivity index (χ1n) is 7.86. The third-order valence-corrected chi connectivity index (χ3v) is 4.99. The van der Waals surface area contributed by atoms with Gasteiger partial charge >= 0.3 is 0 Å². The van der Waals surface area contributed by atoms with Crippen LogP contribution in [0.4, 0.5) is 0 Å². The fraction of sp³-hybridized carbons (Fsp3) is 0.500. The van der Waals surface area contributed by atoms with Crippen molar-refractivity contribution in [2.45, 2.75) is 45.4 Å². The molecule has 3 rings (SSSR count). The van der Waals surface area contributed by atoms with E-state index < -0.39 is 0 Å². The summed E-state index contributed by atoms with van der Waals surface area (Å²) < 4.78 is 0. The molecule has 112 valence electrons. The highest BCUT2D eigenvalue weighted by atomic mass is 35.5. The molecule has 0 atom stereocenters. The van der Waals surface area contributed by atoms with Crippen LogP contribution in [0.1, 0.15) is 43.2 Å². The van der Waals surface area contributed by atoms with E-state index in [4.69, 9.17) is 11.6 Å². The number of piperidine rings is 1. The molecule has 0 aromatic heterocycles. The van der Waals surface area contributed by atoms with E-state index in [1.165, 1.54) is 18.4 Å². The third-order valence-electron chi connectivity index (χ3n) is 4.57. The van der Waals surface area contributed by atoms with Crippen LogP contribution in [0.5, 0.6) is 0 Å². The molecular weight excluding hydrogens is 282 g/mol. The number of aryl methyl sites for hydroxylation is 2. The van der Waals surface area contributed by atoms with Crippen molar-refractivity contribution in [1.82, 2.24) is 4.90 Å². The van der Waals surface area contributed by atoms with E-state index in [9.17, 15) is 4.79 Å². The van der Waals surface area contributed by atoms with E-state index in [1.54, 1.807) is 11.1 Å². The number of carbonyl (C=O) groups is 1. The molecule has 1 aromatic carbocycles. The number of likely N-dealkylation sites (tertiary alicyclic amines) is 1. The standard InChI is InChI=1S/C18H22ClNO/c1-13-12-14(2-6-17(13)19)3-7-18(21)20-10-8-16(9-11-20)15-4-5-15/h2,6,12H,3-5,7-11H2,1H3. The molecule has 1 aliphatic heterocycles. The molecular formula is C18H22ClNO. The summed E-state index contributed by atoms with van der Waals surface area (Å²) in [6.07, 6.45) is 6.22. The molecule has 2 aliphatic rings. The van der Waals surface area contributed by atoms with Gasteiger partial charge < -0.3 is 4.90 Å². The van der Waals surface area contributed by atoms with Gasteiger partial charge in [-0.25, -0.2) is 0 Å². The quantitative estimate of drug-likeness (QED) is 0.763. The average Bonchev–Trinajstić information content (AvgIpc) is 3.33. The Kier molecular flexibility index (Phi) is 4.34.